The predicted molar refractivity (Wildman–Crippen MR) is 72.2 cm³/mol. The summed E-state index contributed by atoms with van der Waals surface area (Å²) in [6, 6.07) is 7.76. The largest absolute Gasteiger partial charge is 0.479 e. The van der Waals surface area contributed by atoms with Crippen molar-refractivity contribution >= 4 is 11.9 Å². The van der Waals surface area contributed by atoms with Gasteiger partial charge >= 0.3 is 5.97 Å². The van der Waals surface area contributed by atoms with E-state index >= 15 is 0 Å². The molecule has 20 heavy (non-hydrogen) atoms. The van der Waals surface area contributed by atoms with Gasteiger partial charge in [-0.3, -0.25) is 4.79 Å². The van der Waals surface area contributed by atoms with E-state index in [0.29, 0.717) is 6.54 Å². The molecule has 0 aliphatic carbocycles. The lowest BCUT2D eigenvalue weighted by Gasteiger charge is -2.25. The van der Waals surface area contributed by atoms with Crippen molar-refractivity contribution < 1.29 is 19.8 Å². The van der Waals surface area contributed by atoms with Crippen LogP contribution in [0.3, 0.4) is 0 Å². The normalized spacial score (nSPS) is 18.9. The molecule has 1 unspecified atom stereocenters. The molecule has 1 aliphatic heterocycles. The number of aliphatic hydroxyl groups is 1. The summed E-state index contributed by atoms with van der Waals surface area (Å²) < 4.78 is 0. The van der Waals surface area contributed by atoms with Crippen molar-refractivity contribution in [3.05, 3.63) is 35.4 Å². The minimum absolute atomic E-state index is 0.00285. The molecule has 1 aromatic rings. The van der Waals surface area contributed by atoms with E-state index in [1.165, 1.54) is 0 Å². The smallest absolute Gasteiger partial charge is 0.332 e. The number of aliphatic carboxylic acids is 1. The van der Waals surface area contributed by atoms with E-state index in [4.69, 9.17) is 10.2 Å². The van der Waals surface area contributed by atoms with Gasteiger partial charge in [0.05, 0.1) is 5.92 Å². The summed E-state index contributed by atoms with van der Waals surface area (Å²) in [5, 5.41) is 23.6. The molecule has 1 aromatic carbocycles. The summed E-state index contributed by atoms with van der Waals surface area (Å²) in [7, 11) is 0. The number of aliphatic hydroxyl groups excluding tert-OH is 1. The second-order valence-electron chi connectivity index (χ2n) is 4.82. The fraction of sp³-hybridized carbons (Fsp3) is 0.429. The lowest BCUT2D eigenvalue weighted by atomic mass is 9.90. The summed E-state index contributed by atoms with van der Waals surface area (Å²) in [5.74, 6) is -1.70. The molecule has 2 rings (SSSR count). The van der Waals surface area contributed by atoms with Crippen molar-refractivity contribution in [3.8, 4) is 0 Å². The van der Waals surface area contributed by atoms with Crippen LogP contribution in [0, 0.1) is 0 Å². The van der Waals surface area contributed by atoms with Crippen molar-refractivity contribution in [2.75, 3.05) is 13.1 Å². The molecule has 1 aliphatic rings. The zero-order valence-corrected chi connectivity index (χ0v) is 11.0. The standard InChI is InChI=1S/C14H18N2O4/c17-12(14(19)20)5-6-16-13(18)11-8-15-7-9-3-1-2-4-10(9)11/h1-4,11-12,15,17H,5-8H2,(H,16,18)(H,19,20)/t11?,12-/m0/s1. The highest BCUT2D eigenvalue weighted by molar-refractivity contribution is 5.84. The molecule has 1 heterocycles. The predicted octanol–water partition coefficient (Wildman–Crippen LogP) is -0.175. The van der Waals surface area contributed by atoms with Gasteiger partial charge in [-0.2, -0.15) is 0 Å². The van der Waals surface area contributed by atoms with Gasteiger partial charge in [0.15, 0.2) is 6.10 Å². The maximum absolute atomic E-state index is 12.1. The highest BCUT2D eigenvalue weighted by atomic mass is 16.4. The minimum atomic E-state index is -1.44. The Morgan fingerprint density at radius 1 is 1.40 bits per heavy atom. The van der Waals surface area contributed by atoms with Crippen molar-refractivity contribution in [2.24, 2.45) is 0 Å². The number of benzene rings is 1. The van der Waals surface area contributed by atoms with Crippen LogP contribution in [0.15, 0.2) is 24.3 Å². The Balaban J connectivity index is 1.92. The lowest BCUT2D eigenvalue weighted by molar-refractivity contribution is -0.147. The van der Waals surface area contributed by atoms with Crippen molar-refractivity contribution in [3.63, 3.8) is 0 Å². The molecule has 4 N–H and O–H groups in total. The SMILES string of the molecule is O=C(NCC[C@H](O)C(=O)O)C1CNCc2ccccc21. The lowest BCUT2D eigenvalue weighted by Crippen LogP contribution is -2.40. The number of carbonyl (C=O) groups is 2. The third-order valence-corrected chi connectivity index (χ3v) is 3.41. The number of nitrogens with one attached hydrogen (secondary N) is 2. The van der Waals surface area contributed by atoms with Gasteiger partial charge in [0.1, 0.15) is 0 Å². The Hall–Kier alpha value is -1.92. The van der Waals surface area contributed by atoms with Gasteiger partial charge in [-0.05, 0) is 11.1 Å². The number of amides is 1. The summed E-state index contributed by atoms with van der Waals surface area (Å²) in [6.45, 7) is 1.45. The fourth-order valence-electron chi connectivity index (χ4n) is 2.31. The van der Waals surface area contributed by atoms with Crippen LogP contribution < -0.4 is 10.6 Å². The van der Waals surface area contributed by atoms with Gasteiger partial charge in [0.2, 0.25) is 5.91 Å². The Kier molecular flexibility index (Phi) is 4.70. The van der Waals surface area contributed by atoms with Crippen molar-refractivity contribution in [1.82, 2.24) is 10.6 Å². The monoisotopic (exact) mass is 278 g/mol. The number of hydrogen-bond acceptors (Lipinski definition) is 4. The second-order valence-corrected chi connectivity index (χ2v) is 4.82. The molecule has 0 radical (unpaired) electrons. The average Bonchev–Trinajstić information content (AvgIpc) is 2.46. The zero-order chi connectivity index (χ0) is 14.5. The van der Waals surface area contributed by atoms with Crippen LogP contribution in [0.25, 0.3) is 0 Å². The van der Waals surface area contributed by atoms with Crippen LogP contribution in [0.1, 0.15) is 23.5 Å². The fourth-order valence-corrected chi connectivity index (χ4v) is 2.31. The number of hydrogen-bond donors (Lipinski definition) is 4. The summed E-state index contributed by atoms with van der Waals surface area (Å²) in [5.41, 5.74) is 2.10. The van der Waals surface area contributed by atoms with E-state index in [2.05, 4.69) is 10.6 Å². The van der Waals surface area contributed by atoms with E-state index in [1.54, 1.807) is 0 Å². The Labute approximate surface area is 116 Å². The van der Waals surface area contributed by atoms with Crippen LogP contribution >= 0.6 is 0 Å². The Morgan fingerprint density at radius 3 is 2.90 bits per heavy atom. The summed E-state index contributed by atoms with van der Waals surface area (Å²) in [6.07, 6.45) is -1.44. The summed E-state index contributed by atoms with van der Waals surface area (Å²) >= 11 is 0. The molecule has 0 saturated heterocycles. The molecular formula is C14H18N2O4. The van der Waals surface area contributed by atoms with Gasteiger partial charge in [-0.1, -0.05) is 24.3 Å². The van der Waals surface area contributed by atoms with Crippen LogP contribution in [-0.2, 0) is 16.1 Å². The van der Waals surface area contributed by atoms with Crippen LogP contribution in [-0.4, -0.2) is 41.3 Å². The number of carboxylic acids is 1. The van der Waals surface area contributed by atoms with Gasteiger partial charge in [-0.25, -0.2) is 4.79 Å². The third kappa shape index (κ3) is 3.34. The first-order valence-corrected chi connectivity index (χ1v) is 6.56. The maximum atomic E-state index is 12.1. The first kappa shape index (κ1) is 14.5. The molecule has 2 atom stereocenters. The van der Waals surface area contributed by atoms with Gasteiger partial charge in [-0.15, -0.1) is 0 Å². The number of carboxylic acid groups (broad SMARTS) is 1. The average molecular weight is 278 g/mol. The van der Waals surface area contributed by atoms with Crippen LogP contribution in [0.4, 0.5) is 0 Å². The number of carbonyl (C=O) groups excluding carboxylic acids is 1. The molecule has 0 fully saturated rings. The number of fused-ring (bicyclic) bond motifs is 1. The van der Waals surface area contributed by atoms with E-state index in [-0.39, 0.29) is 24.8 Å². The van der Waals surface area contributed by atoms with Gasteiger partial charge in [0.25, 0.3) is 0 Å². The summed E-state index contributed by atoms with van der Waals surface area (Å²) in [4.78, 5) is 22.6. The maximum Gasteiger partial charge on any atom is 0.332 e. The van der Waals surface area contributed by atoms with Gasteiger partial charge in [0, 0.05) is 26.1 Å². The van der Waals surface area contributed by atoms with Gasteiger partial charge < -0.3 is 20.8 Å². The molecule has 6 heteroatoms. The molecule has 0 aromatic heterocycles. The van der Waals surface area contributed by atoms with Crippen molar-refractivity contribution in [2.45, 2.75) is 25.0 Å². The molecule has 108 valence electrons. The Morgan fingerprint density at radius 2 is 2.15 bits per heavy atom. The highest BCUT2D eigenvalue weighted by Crippen LogP contribution is 2.23. The van der Waals surface area contributed by atoms with E-state index in [9.17, 15) is 9.59 Å². The number of rotatable bonds is 5. The van der Waals surface area contributed by atoms with E-state index in [1.807, 2.05) is 24.3 Å². The first-order valence-electron chi connectivity index (χ1n) is 6.56. The zero-order valence-electron chi connectivity index (χ0n) is 11.0. The Bertz CT molecular complexity index is 504. The van der Waals surface area contributed by atoms with E-state index in [0.717, 1.165) is 17.7 Å². The first-order chi connectivity index (χ1) is 9.59. The molecular weight excluding hydrogens is 260 g/mol. The molecule has 0 saturated carbocycles. The highest BCUT2D eigenvalue weighted by Gasteiger charge is 2.25. The minimum Gasteiger partial charge on any atom is -0.479 e. The molecule has 1 amide bonds. The molecule has 6 nitrogen and oxygen atoms in total. The molecule has 0 spiro atoms. The van der Waals surface area contributed by atoms with Crippen LogP contribution in [0.2, 0.25) is 0 Å². The third-order valence-electron chi connectivity index (χ3n) is 3.41. The van der Waals surface area contributed by atoms with Crippen LogP contribution in [0.5, 0.6) is 0 Å². The van der Waals surface area contributed by atoms with E-state index < -0.39 is 12.1 Å². The van der Waals surface area contributed by atoms with Crippen molar-refractivity contribution in [1.29, 1.82) is 0 Å². The second kappa shape index (κ2) is 6.49. The topological polar surface area (TPSA) is 98.7 Å². The quantitative estimate of drug-likeness (QED) is 0.599. The molecule has 0 bridgehead atoms.